The molecular weight excluding hydrogens is 349 g/mol. The zero-order valence-corrected chi connectivity index (χ0v) is 15.0. The summed E-state index contributed by atoms with van der Waals surface area (Å²) in [5.41, 5.74) is -1.47. The molecule has 1 saturated heterocycles. The number of hydrogen-bond acceptors (Lipinski definition) is 5. The Bertz CT molecular complexity index is 657. The van der Waals surface area contributed by atoms with E-state index >= 15 is 0 Å². The third-order valence-corrected chi connectivity index (χ3v) is 4.62. The maximum atomic E-state index is 12.6. The number of hydrogen-bond donors (Lipinski definition) is 1. The van der Waals surface area contributed by atoms with Crippen LogP contribution in [0.2, 0.25) is 0 Å². The first-order valence-electron chi connectivity index (χ1n) is 8.65. The first-order chi connectivity index (χ1) is 12.0. The number of rotatable bonds is 3. The molecule has 9 heteroatoms. The van der Waals surface area contributed by atoms with E-state index in [-0.39, 0.29) is 18.1 Å². The SMILES string of the molecule is CC(C)(C)OC(=O)N1CC2CC2CC1CNc1ncc(C(F)(F)F)cn1. The van der Waals surface area contributed by atoms with Gasteiger partial charge in [0.1, 0.15) is 5.60 Å². The number of halogens is 3. The van der Waals surface area contributed by atoms with Gasteiger partial charge in [-0.1, -0.05) is 0 Å². The minimum atomic E-state index is -4.46. The molecule has 3 rings (SSSR count). The lowest BCUT2D eigenvalue weighted by atomic mass is 10.0. The van der Waals surface area contributed by atoms with Crippen molar-refractivity contribution < 1.29 is 22.7 Å². The molecule has 0 spiro atoms. The minimum Gasteiger partial charge on any atom is -0.444 e. The highest BCUT2D eigenvalue weighted by atomic mass is 19.4. The van der Waals surface area contributed by atoms with E-state index in [0.29, 0.717) is 24.9 Å². The second kappa shape index (κ2) is 6.59. The largest absolute Gasteiger partial charge is 0.444 e. The molecule has 2 heterocycles. The number of likely N-dealkylation sites (tertiary alicyclic amines) is 1. The van der Waals surface area contributed by atoms with Gasteiger partial charge >= 0.3 is 12.3 Å². The van der Waals surface area contributed by atoms with Gasteiger partial charge in [-0.2, -0.15) is 13.2 Å². The molecule has 3 unspecified atom stereocenters. The number of alkyl halides is 3. The quantitative estimate of drug-likeness (QED) is 0.879. The van der Waals surface area contributed by atoms with E-state index in [1.54, 1.807) is 4.90 Å². The fourth-order valence-electron chi connectivity index (χ4n) is 3.21. The molecule has 0 aromatic carbocycles. The number of nitrogens with one attached hydrogen (secondary N) is 1. The van der Waals surface area contributed by atoms with Crippen molar-refractivity contribution in [3.8, 4) is 0 Å². The number of nitrogens with zero attached hydrogens (tertiary/aromatic N) is 3. The zero-order valence-electron chi connectivity index (χ0n) is 15.0. The Hall–Kier alpha value is -2.06. The third kappa shape index (κ3) is 4.56. The lowest BCUT2D eigenvalue weighted by Gasteiger charge is -2.36. The fraction of sp³-hybridized carbons (Fsp3) is 0.706. The number of amides is 1. The van der Waals surface area contributed by atoms with Gasteiger partial charge in [-0.05, 0) is 45.4 Å². The van der Waals surface area contributed by atoms with Gasteiger partial charge in [-0.3, -0.25) is 0 Å². The van der Waals surface area contributed by atoms with E-state index in [0.717, 1.165) is 25.2 Å². The van der Waals surface area contributed by atoms with E-state index in [1.807, 2.05) is 20.8 Å². The molecule has 1 amide bonds. The van der Waals surface area contributed by atoms with E-state index in [2.05, 4.69) is 15.3 Å². The van der Waals surface area contributed by atoms with Crippen molar-refractivity contribution >= 4 is 12.0 Å². The summed E-state index contributed by atoms with van der Waals surface area (Å²) in [7, 11) is 0. The topological polar surface area (TPSA) is 67.3 Å². The van der Waals surface area contributed by atoms with Crippen molar-refractivity contribution in [2.45, 2.75) is 51.4 Å². The average Bonchev–Trinajstić information content (AvgIpc) is 3.28. The molecule has 26 heavy (non-hydrogen) atoms. The molecule has 0 radical (unpaired) electrons. The van der Waals surface area contributed by atoms with Crippen molar-refractivity contribution in [1.29, 1.82) is 0 Å². The number of ether oxygens (including phenoxy) is 1. The molecule has 1 aliphatic heterocycles. The Balaban J connectivity index is 1.62. The third-order valence-electron chi connectivity index (χ3n) is 4.62. The highest BCUT2D eigenvalue weighted by molar-refractivity contribution is 5.69. The van der Waals surface area contributed by atoms with E-state index in [9.17, 15) is 18.0 Å². The summed E-state index contributed by atoms with van der Waals surface area (Å²) in [5, 5.41) is 2.94. The van der Waals surface area contributed by atoms with Crippen molar-refractivity contribution in [2.24, 2.45) is 11.8 Å². The molecular formula is C17H23F3N4O2. The Labute approximate surface area is 150 Å². The van der Waals surface area contributed by atoms with Crippen molar-refractivity contribution in [2.75, 3.05) is 18.4 Å². The van der Waals surface area contributed by atoms with Gasteiger partial charge in [0.2, 0.25) is 5.95 Å². The van der Waals surface area contributed by atoms with Crippen LogP contribution >= 0.6 is 0 Å². The number of carbonyl (C=O) groups is 1. The monoisotopic (exact) mass is 372 g/mol. The maximum absolute atomic E-state index is 12.6. The normalized spacial score (nSPS) is 25.5. The molecule has 3 atom stereocenters. The summed E-state index contributed by atoms with van der Waals surface area (Å²) in [6.45, 7) is 6.47. The number of anilines is 1. The molecule has 1 aromatic rings. The highest BCUT2D eigenvalue weighted by Crippen LogP contribution is 2.47. The summed E-state index contributed by atoms with van der Waals surface area (Å²) < 4.78 is 43.2. The Morgan fingerprint density at radius 2 is 1.88 bits per heavy atom. The van der Waals surface area contributed by atoms with Crippen molar-refractivity contribution in [1.82, 2.24) is 14.9 Å². The first-order valence-corrected chi connectivity index (χ1v) is 8.65. The van der Waals surface area contributed by atoms with E-state index in [1.165, 1.54) is 0 Å². The maximum Gasteiger partial charge on any atom is 0.419 e. The van der Waals surface area contributed by atoms with Crippen LogP contribution < -0.4 is 5.32 Å². The van der Waals surface area contributed by atoms with Crippen LogP contribution in [0.15, 0.2) is 12.4 Å². The van der Waals surface area contributed by atoms with Crippen molar-refractivity contribution in [3.05, 3.63) is 18.0 Å². The van der Waals surface area contributed by atoms with Gasteiger partial charge in [0, 0.05) is 25.5 Å². The van der Waals surface area contributed by atoms with Crippen LogP contribution in [0.25, 0.3) is 0 Å². The van der Waals surface area contributed by atoms with E-state index in [4.69, 9.17) is 4.74 Å². The van der Waals surface area contributed by atoms with Crippen LogP contribution in [-0.4, -0.2) is 45.7 Å². The number of fused-ring (bicyclic) bond motifs is 1. The average molecular weight is 372 g/mol. The Morgan fingerprint density at radius 1 is 1.23 bits per heavy atom. The highest BCUT2D eigenvalue weighted by Gasteiger charge is 2.47. The van der Waals surface area contributed by atoms with Gasteiger partial charge in [-0.15, -0.1) is 0 Å². The smallest absolute Gasteiger partial charge is 0.419 e. The lowest BCUT2D eigenvalue weighted by molar-refractivity contribution is -0.138. The van der Waals surface area contributed by atoms with E-state index < -0.39 is 17.3 Å². The Morgan fingerprint density at radius 3 is 2.46 bits per heavy atom. The predicted molar refractivity (Wildman–Crippen MR) is 88.5 cm³/mol. The predicted octanol–water partition coefficient (Wildman–Crippen LogP) is 3.55. The minimum absolute atomic E-state index is 0.0977. The molecule has 1 N–H and O–H groups in total. The molecule has 2 aliphatic rings. The zero-order chi connectivity index (χ0) is 19.1. The second-order valence-corrected chi connectivity index (χ2v) is 7.95. The standard InChI is InChI=1S/C17H23F3N4O2/c1-16(2,3)26-15(25)24-9-11-4-10(11)5-13(24)8-23-14-21-6-12(7-22-14)17(18,19)20/h6-7,10-11,13H,4-5,8-9H2,1-3H3,(H,21,22,23). The number of piperidine rings is 1. The number of aromatic nitrogens is 2. The van der Waals surface area contributed by atoms with Crippen LogP contribution in [0.3, 0.4) is 0 Å². The molecule has 144 valence electrons. The van der Waals surface area contributed by atoms with Crippen LogP contribution in [0.1, 0.15) is 39.2 Å². The summed E-state index contributed by atoms with van der Waals surface area (Å²) >= 11 is 0. The first kappa shape index (κ1) is 18.7. The van der Waals surface area contributed by atoms with Gasteiger partial charge in [0.25, 0.3) is 0 Å². The summed E-state index contributed by atoms with van der Waals surface area (Å²) in [5.74, 6) is 1.25. The van der Waals surface area contributed by atoms with Crippen LogP contribution in [0.5, 0.6) is 0 Å². The van der Waals surface area contributed by atoms with Crippen molar-refractivity contribution in [3.63, 3.8) is 0 Å². The van der Waals surface area contributed by atoms with Crippen LogP contribution in [-0.2, 0) is 10.9 Å². The van der Waals surface area contributed by atoms with Gasteiger partial charge in [0.15, 0.2) is 0 Å². The molecule has 6 nitrogen and oxygen atoms in total. The molecule has 1 aromatic heterocycles. The fourth-order valence-corrected chi connectivity index (χ4v) is 3.21. The lowest BCUT2D eigenvalue weighted by Crippen LogP contribution is -2.49. The van der Waals surface area contributed by atoms with Gasteiger partial charge < -0.3 is 15.0 Å². The molecule has 1 saturated carbocycles. The Kier molecular flexibility index (Phi) is 4.74. The molecule has 0 bridgehead atoms. The second-order valence-electron chi connectivity index (χ2n) is 7.95. The summed E-state index contributed by atoms with van der Waals surface area (Å²) in [6, 6.07) is -0.0977. The molecule has 1 aliphatic carbocycles. The van der Waals surface area contributed by atoms with Crippen LogP contribution in [0, 0.1) is 11.8 Å². The van der Waals surface area contributed by atoms with Gasteiger partial charge in [-0.25, -0.2) is 14.8 Å². The number of carbonyl (C=O) groups excluding carboxylic acids is 1. The van der Waals surface area contributed by atoms with Gasteiger partial charge in [0.05, 0.1) is 11.6 Å². The molecule has 2 fully saturated rings. The summed E-state index contributed by atoms with van der Waals surface area (Å²) in [6.07, 6.45) is -1.37. The van der Waals surface area contributed by atoms with Crippen LogP contribution in [0.4, 0.5) is 23.9 Å². The summed E-state index contributed by atoms with van der Waals surface area (Å²) in [4.78, 5) is 21.6.